The van der Waals surface area contributed by atoms with Crippen LogP contribution < -0.4 is 4.74 Å². The Morgan fingerprint density at radius 2 is 1.50 bits per heavy atom. The van der Waals surface area contributed by atoms with Crippen molar-refractivity contribution in [2.75, 3.05) is 6.61 Å². The van der Waals surface area contributed by atoms with Crippen molar-refractivity contribution in [2.45, 2.75) is 23.0 Å². The van der Waals surface area contributed by atoms with Gasteiger partial charge in [0.05, 0.1) is 6.61 Å². The number of para-hydroxylation sites is 1. The summed E-state index contributed by atoms with van der Waals surface area (Å²) in [4.78, 5) is 0.585. The summed E-state index contributed by atoms with van der Waals surface area (Å²) in [6.07, 6.45) is 0.126. The fraction of sp³-hybridized carbons (Fsp3) is 0.250. The van der Waals surface area contributed by atoms with Gasteiger partial charge in [0, 0.05) is 11.3 Å². The highest BCUT2D eigenvalue weighted by molar-refractivity contribution is 8.00. The molecule has 106 valence electrons. The number of ether oxygens (including phenoxy) is 1. The van der Waals surface area contributed by atoms with E-state index in [9.17, 15) is 8.78 Å². The summed E-state index contributed by atoms with van der Waals surface area (Å²) < 4.78 is 32.9. The maximum Gasteiger partial charge on any atom is 0.298 e. The molecule has 0 unspecified atom stereocenters. The minimum Gasteiger partial charge on any atom is -0.494 e. The number of hydrogen-bond acceptors (Lipinski definition) is 2. The Hall–Kier alpha value is -1.55. The van der Waals surface area contributed by atoms with Crippen LogP contribution in [0, 0.1) is 0 Å². The van der Waals surface area contributed by atoms with Gasteiger partial charge in [0.25, 0.3) is 5.25 Å². The molecule has 1 nitrogen and oxygen atoms in total. The van der Waals surface area contributed by atoms with Crippen molar-refractivity contribution >= 4 is 11.8 Å². The molecule has 0 spiro atoms. The van der Waals surface area contributed by atoms with Crippen LogP contribution in [0.4, 0.5) is 8.78 Å². The van der Waals surface area contributed by atoms with Crippen LogP contribution in [-0.2, 0) is 0 Å². The number of alkyl halides is 2. The van der Waals surface area contributed by atoms with Crippen LogP contribution in [0.3, 0.4) is 0 Å². The van der Waals surface area contributed by atoms with Crippen LogP contribution in [-0.4, -0.2) is 11.9 Å². The molecular formula is C16H16F2OS. The molecule has 0 aliphatic carbocycles. The van der Waals surface area contributed by atoms with E-state index in [0.717, 1.165) is 0 Å². The van der Waals surface area contributed by atoms with Gasteiger partial charge >= 0.3 is 0 Å². The molecule has 0 aliphatic heterocycles. The molecule has 4 heteroatoms. The highest BCUT2D eigenvalue weighted by Crippen LogP contribution is 2.39. The lowest BCUT2D eigenvalue weighted by atomic mass is 10.3. The smallest absolute Gasteiger partial charge is 0.298 e. The lowest BCUT2D eigenvalue weighted by Crippen LogP contribution is -2.12. The summed E-state index contributed by atoms with van der Waals surface area (Å²) in [6, 6.07) is 18.0. The lowest BCUT2D eigenvalue weighted by molar-refractivity contribution is 0.0872. The highest BCUT2D eigenvalue weighted by Gasteiger charge is 2.29. The summed E-state index contributed by atoms with van der Waals surface area (Å²) in [7, 11) is 0. The zero-order valence-corrected chi connectivity index (χ0v) is 11.8. The van der Waals surface area contributed by atoms with Crippen molar-refractivity contribution in [2.24, 2.45) is 0 Å². The molecule has 2 rings (SSSR count). The summed E-state index contributed by atoms with van der Waals surface area (Å²) in [6.45, 7) is 0.301. The van der Waals surface area contributed by atoms with Gasteiger partial charge in [-0.15, -0.1) is 0 Å². The third-order valence-corrected chi connectivity index (χ3v) is 3.65. The molecule has 0 amide bonds. The fourth-order valence-corrected chi connectivity index (χ4v) is 2.58. The first kappa shape index (κ1) is 14.9. The van der Waals surface area contributed by atoms with Gasteiger partial charge in [0.1, 0.15) is 5.75 Å². The second kappa shape index (κ2) is 7.29. The van der Waals surface area contributed by atoms with Crippen LogP contribution >= 0.6 is 11.8 Å². The molecule has 0 N–H and O–H groups in total. The Labute approximate surface area is 122 Å². The van der Waals surface area contributed by atoms with Gasteiger partial charge in [-0.05, 0) is 30.7 Å². The van der Waals surface area contributed by atoms with Gasteiger partial charge in [-0.1, -0.05) is 48.2 Å². The van der Waals surface area contributed by atoms with Crippen molar-refractivity contribution < 1.29 is 13.5 Å². The van der Waals surface area contributed by atoms with Crippen molar-refractivity contribution in [3.05, 3.63) is 60.7 Å². The number of hydrogen-bond donors (Lipinski definition) is 0. The van der Waals surface area contributed by atoms with Crippen LogP contribution in [0.1, 0.15) is 12.8 Å². The van der Waals surface area contributed by atoms with E-state index in [1.165, 1.54) is 0 Å². The van der Waals surface area contributed by atoms with Crippen LogP contribution in [0.15, 0.2) is 65.6 Å². The first-order chi connectivity index (χ1) is 9.66. The molecular weight excluding hydrogens is 278 g/mol. The van der Waals surface area contributed by atoms with Gasteiger partial charge in [0.2, 0.25) is 0 Å². The highest BCUT2D eigenvalue weighted by atomic mass is 32.2. The van der Waals surface area contributed by atoms with E-state index in [0.29, 0.717) is 35.4 Å². The standard InChI is InChI=1S/C16H16F2OS/c17-16(18,20-15-10-5-2-6-11-15)12-7-13-19-14-8-3-1-4-9-14/h1-6,8-11H,7,12-13H2. The molecule has 0 saturated heterocycles. The predicted octanol–water partition coefficient (Wildman–Crippen LogP) is 5.23. The molecule has 0 fully saturated rings. The van der Waals surface area contributed by atoms with E-state index in [1.54, 1.807) is 24.3 Å². The fourth-order valence-electron chi connectivity index (χ4n) is 1.70. The van der Waals surface area contributed by atoms with Gasteiger partial charge in [-0.25, -0.2) is 0 Å². The van der Waals surface area contributed by atoms with E-state index < -0.39 is 5.25 Å². The van der Waals surface area contributed by atoms with E-state index >= 15 is 0 Å². The molecule has 0 bridgehead atoms. The molecule has 0 saturated carbocycles. The summed E-state index contributed by atoms with van der Waals surface area (Å²) in [5.74, 6) is 0.714. The lowest BCUT2D eigenvalue weighted by Gasteiger charge is -2.15. The Kier molecular flexibility index (Phi) is 5.41. The van der Waals surface area contributed by atoms with Crippen molar-refractivity contribution in [3.63, 3.8) is 0 Å². The average Bonchev–Trinajstić information content (AvgIpc) is 2.45. The van der Waals surface area contributed by atoms with Gasteiger partial charge in [-0.3, -0.25) is 0 Å². The zero-order valence-electron chi connectivity index (χ0n) is 11.0. The summed E-state index contributed by atoms with van der Waals surface area (Å²) in [5.41, 5.74) is 0. The molecule has 0 heterocycles. The summed E-state index contributed by atoms with van der Waals surface area (Å²) >= 11 is 0.603. The largest absolute Gasteiger partial charge is 0.494 e. The van der Waals surface area contributed by atoms with E-state index in [-0.39, 0.29) is 6.42 Å². The van der Waals surface area contributed by atoms with Gasteiger partial charge in [-0.2, -0.15) is 8.78 Å². The number of benzene rings is 2. The minimum atomic E-state index is -2.76. The second-order valence-electron chi connectivity index (χ2n) is 4.32. The molecule has 0 radical (unpaired) electrons. The van der Waals surface area contributed by atoms with Crippen molar-refractivity contribution in [1.29, 1.82) is 0 Å². The number of halogens is 2. The molecule has 0 aromatic heterocycles. The first-order valence-corrected chi connectivity index (χ1v) is 7.27. The van der Waals surface area contributed by atoms with Crippen LogP contribution in [0.2, 0.25) is 0 Å². The first-order valence-electron chi connectivity index (χ1n) is 6.45. The Morgan fingerprint density at radius 1 is 0.900 bits per heavy atom. The predicted molar refractivity (Wildman–Crippen MR) is 78.4 cm³/mol. The second-order valence-corrected chi connectivity index (χ2v) is 5.59. The minimum absolute atomic E-state index is 0.195. The summed E-state index contributed by atoms with van der Waals surface area (Å²) in [5, 5.41) is -2.76. The number of thioether (sulfide) groups is 1. The van der Waals surface area contributed by atoms with Crippen molar-refractivity contribution in [3.8, 4) is 5.75 Å². The monoisotopic (exact) mass is 294 g/mol. The Morgan fingerprint density at radius 3 is 2.15 bits per heavy atom. The Bertz CT molecular complexity index is 502. The van der Waals surface area contributed by atoms with Crippen molar-refractivity contribution in [1.82, 2.24) is 0 Å². The number of rotatable bonds is 7. The van der Waals surface area contributed by atoms with Crippen LogP contribution in [0.25, 0.3) is 0 Å². The molecule has 0 atom stereocenters. The SMILES string of the molecule is FC(F)(CCCOc1ccccc1)Sc1ccccc1. The molecule has 0 aliphatic rings. The quantitative estimate of drug-likeness (QED) is 0.511. The van der Waals surface area contributed by atoms with Gasteiger partial charge < -0.3 is 4.74 Å². The molecule has 2 aromatic rings. The molecule has 2 aromatic carbocycles. The average molecular weight is 294 g/mol. The maximum absolute atomic E-state index is 13.7. The maximum atomic E-state index is 13.7. The van der Waals surface area contributed by atoms with E-state index in [2.05, 4.69) is 0 Å². The Balaban J connectivity index is 1.72. The normalized spacial score (nSPS) is 11.3. The third kappa shape index (κ3) is 5.21. The van der Waals surface area contributed by atoms with Crippen LogP contribution in [0.5, 0.6) is 5.75 Å². The van der Waals surface area contributed by atoms with E-state index in [1.807, 2.05) is 36.4 Å². The molecule has 20 heavy (non-hydrogen) atoms. The van der Waals surface area contributed by atoms with Gasteiger partial charge in [0.15, 0.2) is 0 Å². The van der Waals surface area contributed by atoms with E-state index in [4.69, 9.17) is 4.74 Å². The topological polar surface area (TPSA) is 9.23 Å². The third-order valence-electron chi connectivity index (χ3n) is 2.63. The zero-order chi connectivity index (χ0) is 14.3.